The number of rotatable bonds is 4. The number of nitrogen functional groups attached to an aromatic ring is 1. The van der Waals surface area contributed by atoms with Crippen molar-refractivity contribution in [2.75, 3.05) is 27.1 Å². The molecule has 142 valence electrons. The zero-order chi connectivity index (χ0) is 19.7. The summed E-state index contributed by atoms with van der Waals surface area (Å²) < 4.78 is 16.6. The molecule has 1 aliphatic rings. The van der Waals surface area contributed by atoms with Crippen LogP contribution in [0.2, 0.25) is 0 Å². The number of fused-ring (bicyclic) bond motifs is 3. The molecule has 2 aromatic rings. The van der Waals surface area contributed by atoms with Gasteiger partial charge in [-0.3, -0.25) is 9.59 Å². The van der Waals surface area contributed by atoms with Gasteiger partial charge in [-0.2, -0.15) is 0 Å². The molecular formula is C20H22N2O5. The molecule has 0 unspecified atom stereocenters. The van der Waals surface area contributed by atoms with E-state index in [2.05, 4.69) is 5.32 Å². The molecule has 3 rings (SSSR count). The van der Waals surface area contributed by atoms with Gasteiger partial charge in [0.1, 0.15) is 0 Å². The summed E-state index contributed by atoms with van der Waals surface area (Å²) in [5.74, 6) is 1.31. The standard InChI is InChI=1S/C20H22N2O5/c1-10(23)22-15-7-11-8-17(25-2)19(26-3)20(27-4)18(11)12-5-6-14(21)16(24)9-13(12)15/h5-6,8-9,15H,7H2,1-4H3,(H2,21,24)(H,22,23)/t15-/m0/s1. The van der Waals surface area contributed by atoms with E-state index in [0.29, 0.717) is 29.2 Å². The van der Waals surface area contributed by atoms with Gasteiger partial charge in [-0.05, 0) is 41.3 Å². The second kappa shape index (κ2) is 7.19. The van der Waals surface area contributed by atoms with E-state index < -0.39 is 0 Å². The summed E-state index contributed by atoms with van der Waals surface area (Å²) in [6, 6.07) is 6.31. The zero-order valence-electron chi connectivity index (χ0n) is 15.7. The van der Waals surface area contributed by atoms with Crippen molar-refractivity contribution in [2.24, 2.45) is 0 Å². The van der Waals surface area contributed by atoms with E-state index in [-0.39, 0.29) is 23.1 Å². The minimum Gasteiger partial charge on any atom is -0.493 e. The fraction of sp³-hybridized carbons (Fsp3) is 0.300. The molecule has 1 aliphatic carbocycles. The summed E-state index contributed by atoms with van der Waals surface area (Å²) in [5.41, 5.74) is 8.81. The maximum Gasteiger partial charge on any atom is 0.217 e. The molecule has 0 aromatic heterocycles. The third kappa shape index (κ3) is 3.16. The predicted octanol–water partition coefficient (Wildman–Crippen LogP) is 2.06. The molecule has 0 fully saturated rings. The molecule has 0 aliphatic heterocycles. The largest absolute Gasteiger partial charge is 0.493 e. The van der Waals surface area contributed by atoms with Crippen LogP contribution in [-0.4, -0.2) is 27.2 Å². The molecular weight excluding hydrogens is 348 g/mol. The first-order valence-corrected chi connectivity index (χ1v) is 8.44. The number of anilines is 1. The Balaban J connectivity index is 2.39. The number of hydrogen-bond donors (Lipinski definition) is 2. The molecule has 0 spiro atoms. The molecule has 7 heteroatoms. The first kappa shape index (κ1) is 18.6. The fourth-order valence-corrected chi connectivity index (χ4v) is 3.54. The highest BCUT2D eigenvalue weighted by Gasteiger charge is 2.31. The van der Waals surface area contributed by atoms with Gasteiger partial charge in [-0.25, -0.2) is 0 Å². The van der Waals surface area contributed by atoms with Crippen molar-refractivity contribution in [3.8, 4) is 28.4 Å². The number of benzene rings is 1. The first-order chi connectivity index (χ1) is 12.9. The summed E-state index contributed by atoms with van der Waals surface area (Å²) in [4.78, 5) is 24.0. The molecule has 7 nitrogen and oxygen atoms in total. The quantitative estimate of drug-likeness (QED) is 0.854. The van der Waals surface area contributed by atoms with Crippen molar-refractivity contribution in [1.82, 2.24) is 5.32 Å². The van der Waals surface area contributed by atoms with Crippen molar-refractivity contribution >= 4 is 11.6 Å². The predicted molar refractivity (Wildman–Crippen MR) is 102 cm³/mol. The van der Waals surface area contributed by atoms with Gasteiger partial charge in [0.05, 0.1) is 33.1 Å². The van der Waals surface area contributed by atoms with Crippen molar-refractivity contribution in [3.63, 3.8) is 0 Å². The van der Waals surface area contributed by atoms with Gasteiger partial charge in [0, 0.05) is 12.5 Å². The van der Waals surface area contributed by atoms with E-state index in [1.54, 1.807) is 26.4 Å². The maximum atomic E-state index is 12.3. The van der Waals surface area contributed by atoms with E-state index >= 15 is 0 Å². The van der Waals surface area contributed by atoms with Crippen LogP contribution in [0.1, 0.15) is 24.1 Å². The normalized spacial score (nSPS) is 14.6. The van der Waals surface area contributed by atoms with Gasteiger partial charge < -0.3 is 25.3 Å². The number of hydrogen-bond acceptors (Lipinski definition) is 6. The second-order valence-corrected chi connectivity index (χ2v) is 6.30. The molecule has 3 N–H and O–H groups in total. The van der Waals surface area contributed by atoms with E-state index in [9.17, 15) is 9.59 Å². The first-order valence-electron chi connectivity index (χ1n) is 8.44. The van der Waals surface area contributed by atoms with Gasteiger partial charge in [-0.1, -0.05) is 6.07 Å². The molecule has 0 bridgehead atoms. The van der Waals surface area contributed by atoms with Gasteiger partial charge >= 0.3 is 0 Å². The van der Waals surface area contributed by atoms with Crippen molar-refractivity contribution in [2.45, 2.75) is 19.4 Å². The lowest BCUT2D eigenvalue weighted by Crippen LogP contribution is -2.30. The number of methoxy groups -OCH3 is 3. The van der Waals surface area contributed by atoms with E-state index in [4.69, 9.17) is 19.9 Å². The molecule has 0 heterocycles. The summed E-state index contributed by atoms with van der Waals surface area (Å²) in [6.45, 7) is 1.44. The van der Waals surface area contributed by atoms with Gasteiger partial charge in [0.15, 0.2) is 11.5 Å². The highest BCUT2D eigenvalue weighted by Crippen LogP contribution is 2.51. The average Bonchev–Trinajstić information content (AvgIpc) is 2.79. The van der Waals surface area contributed by atoms with Crippen LogP contribution in [-0.2, 0) is 11.2 Å². The molecule has 27 heavy (non-hydrogen) atoms. The minimum atomic E-state index is -0.368. The molecule has 0 saturated carbocycles. The SMILES string of the molecule is COc1cc2c(c(OC)c1OC)-c1ccc(N)c(=O)cc1[C@@H](NC(C)=O)C2. The van der Waals surface area contributed by atoms with Crippen molar-refractivity contribution in [1.29, 1.82) is 0 Å². The third-order valence-electron chi connectivity index (χ3n) is 4.67. The summed E-state index contributed by atoms with van der Waals surface area (Å²) in [5, 5.41) is 2.91. The second-order valence-electron chi connectivity index (χ2n) is 6.30. The molecule has 1 amide bonds. The molecule has 1 atom stereocenters. The monoisotopic (exact) mass is 370 g/mol. The Morgan fingerprint density at radius 3 is 2.41 bits per heavy atom. The Morgan fingerprint density at radius 1 is 1.11 bits per heavy atom. The highest BCUT2D eigenvalue weighted by molar-refractivity contribution is 5.85. The smallest absolute Gasteiger partial charge is 0.217 e. The number of carbonyl (C=O) groups excluding carboxylic acids is 1. The minimum absolute atomic E-state index is 0.131. The Labute approximate surface area is 157 Å². The maximum absolute atomic E-state index is 12.3. The zero-order valence-corrected chi connectivity index (χ0v) is 15.7. The highest BCUT2D eigenvalue weighted by atomic mass is 16.5. The topological polar surface area (TPSA) is 99.9 Å². The van der Waals surface area contributed by atoms with Crippen LogP contribution in [0.15, 0.2) is 29.1 Å². The molecule has 2 aromatic carbocycles. The van der Waals surface area contributed by atoms with E-state index in [1.807, 2.05) is 6.07 Å². The van der Waals surface area contributed by atoms with Crippen LogP contribution >= 0.6 is 0 Å². The van der Waals surface area contributed by atoms with Crippen molar-refractivity contribution in [3.05, 3.63) is 45.6 Å². The van der Waals surface area contributed by atoms with Gasteiger partial charge in [-0.15, -0.1) is 0 Å². The molecule has 0 saturated heterocycles. The lowest BCUT2D eigenvalue weighted by atomic mass is 9.82. The summed E-state index contributed by atoms with van der Waals surface area (Å²) >= 11 is 0. The van der Waals surface area contributed by atoms with E-state index in [1.165, 1.54) is 20.1 Å². The average molecular weight is 370 g/mol. The van der Waals surface area contributed by atoms with Crippen LogP contribution in [0.4, 0.5) is 5.69 Å². The Bertz CT molecular complexity index is 971. The lowest BCUT2D eigenvalue weighted by molar-refractivity contribution is -0.119. The van der Waals surface area contributed by atoms with Crippen molar-refractivity contribution < 1.29 is 19.0 Å². The number of carbonyl (C=O) groups is 1. The van der Waals surface area contributed by atoms with Gasteiger partial charge in [0.25, 0.3) is 0 Å². The number of nitrogens with one attached hydrogen (secondary N) is 1. The molecule has 0 radical (unpaired) electrons. The number of ether oxygens (including phenoxy) is 3. The Kier molecular flexibility index (Phi) is 4.94. The number of amides is 1. The fourth-order valence-electron chi connectivity index (χ4n) is 3.54. The number of nitrogens with two attached hydrogens (primary N) is 1. The van der Waals surface area contributed by atoms with Crippen LogP contribution in [0.5, 0.6) is 17.2 Å². The third-order valence-corrected chi connectivity index (χ3v) is 4.67. The van der Waals surface area contributed by atoms with E-state index in [0.717, 1.165) is 16.7 Å². The lowest BCUT2D eigenvalue weighted by Gasteiger charge is -2.29. The Morgan fingerprint density at radius 2 is 1.81 bits per heavy atom. The van der Waals surface area contributed by atoms with Crippen LogP contribution in [0.25, 0.3) is 11.1 Å². The Hall–Kier alpha value is -3.22. The summed E-state index contributed by atoms with van der Waals surface area (Å²) in [6.07, 6.45) is 0.474. The van der Waals surface area contributed by atoms with Crippen LogP contribution in [0.3, 0.4) is 0 Å². The van der Waals surface area contributed by atoms with Gasteiger partial charge in [0.2, 0.25) is 17.1 Å². The van der Waals surface area contributed by atoms with Crippen LogP contribution in [0, 0.1) is 0 Å². The van der Waals surface area contributed by atoms with Crippen LogP contribution < -0.4 is 30.7 Å². The summed E-state index contributed by atoms with van der Waals surface area (Å²) in [7, 11) is 4.64.